The summed E-state index contributed by atoms with van der Waals surface area (Å²) in [5.74, 6) is 0.827. The number of thioether (sulfide) groups is 1. The van der Waals surface area contributed by atoms with E-state index in [9.17, 15) is 4.79 Å². The number of aryl methyl sites for hydroxylation is 2. The monoisotopic (exact) mass is 289 g/mol. The third-order valence-electron chi connectivity index (χ3n) is 3.32. The summed E-state index contributed by atoms with van der Waals surface area (Å²) in [5, 5.41) is 8.42. The van der Waals surface area contributed by atoms with Crippen LogP contribution in [0.15, 0.2) is 21.6 Å². The van der Waals surface area contributed by atoms with Crippen molar-refractivity contribution in [1.29, 1.82) is 0 Å². The molecule has 0 fully saturated rings. The lowest BCUT2D eigenvalue weighted by atomic mass is 10.1. The largest absolute Gasteiger partial charge is 0.356 e. The molecule has 2 heterocycles. The van der Waals surface area contributed by atoms with Gasteiger partial charge in [-0.15, -0.1) is 0 Å². The normalized spacial score (nSPS) is 14.6. The fourth-order valence-corrected chi connectivity index (χ4v) is 2.84. The molecule has 0 spiro atoms. The van der Waals surface area contributed by atoms with Crippen molar-refractivity contribution < 1.29 is 9.32 Å². The molecule has 3 rings (SSSR count). The number of nitrogens with one attached hydrogen (secondary N) is 1. The fraction of sp³-hybridized carbons (Fsp3) is 0.357. The van der Waals surface area contributed by atoms with Gasteiger partial charge in [-0.25, -0.2) is 0 Å². The number of amides is 1. The smallest absolute Gasteiger partial charge is 0.232 e. The van der Waals surface area contributed by atoms with Gasteiger partial charge in [0.15, 0.2) is 10.8 Å². The van der Waals surface area contributed by atoms with Crippen molar-refractivity contribution in [2.45, 2.75) is 20.3 Å². The molecule has 0 radical (unpaired) electrons. The number of hydrogen-bond acceptors (Lipinski definition) is 5. The van der Waals surface area contributed by atoms with Gasteiger partial charge >= 0.3 is 0 Å². The lowest BCUT2D eigenvalue weighted by Crippen LogP contribution is -2.28. The average Bonchev–Trinajstić information content (AvgIpc) is 3.02. The van der Waals surface area contributed by atoms with Gasteiger partial charge in [-0.2, -0.15) is 0 Å². The predicted molar refractivity (Wildman–Crippen MR) is 80.1 cm³/mol. The van der Waals surface area contributed by atoms with Gasteiger partial charge in [-0.3, -0.25) is 9.79 Å². The molecular formula is C14H15N3O2S. The molecule has 0 saturated heterocycles. The number of fused-ring (bicyclic) bond motifs is 1. The van der Waals surface area contributed by atoms with Crippen molar-refractivity contribution in [2.24, 2.45) is 4.99 Å². The second kappa shape index (κ2) is 5.28. The zero-order valence-corrected chi connectivity index (χ0v) is 12.2. The Kier molecular flexibility index (Phi) is 3.48. The van der Waals surface area contributed by atoms with E-state index in [2.05, 4.69) is 15.5 Å². The van der Waals surface area contributed by atoms with E-state index in [4.69, 9.17) is 4.52 Å². The second-order valence-electron chi connectivity index (χ2n) is 4.82. The molecule has 1 aromatic carbocycles. The van der Waals surface area contributed by atoms with Crippen LogP contribution in [-0.2, 0) is 11.2 Å². The van der Waals surface area contributed by atoms with Crippen LogP contribution < -0.4 is 5.32 Å². The Labute approximate surface area is 120 Å². The Morgan fingerprint density at radius 1 is 1.40 bits per heavy atom. The van der Waals surface area contributed by atoms with Gasteiger partial charge in [0.2, 0.25) is 5.91 Å². The SMILES string of the molecule is Cc1cc2onc(CC(=O)NC3=NCCS3)c2cc1C. The van der Waals surface area contributed by atoms with Crippen LogP contribution in [0.1, 0.15) is 16.8 Å². The van der Waals surface area contributed by atoms with E-state index in [0.29, 0.717) is 10.9 Å². The average molecular weight is 289 g/mol. The summed E-state index contributed by atoms with van der Waals surface area (Å²) in [6, 6.07) is 3.97. The molecule has 0 unspecified atom stereocenters. The van der Waals surface area contributed by atoms with E-state index in [0.717, 1.165) is 34.4 Å². The first kappa shape index (κ1) is 13.2. The number of hydrogen-bond donors (Lipinski definition) is 1. The van der Waals surface area contributed by atoms with Crippen molar-refractivity contribution in [1.82, 2.24) is 10.5 Å². The molecule has 20 heavy (non-hydrogen) atoms. The van der Waals surface area contributed by atoms with Crippen LogP contribution in [0, 0.1) is 13.8 Å². The summed E-state index contributed by atoms with van der Waals surface area (Å²) in [4.78, 5) is 16.2. The number of amidine groups is 1. The van der Waals surface area contributed by atoms with Gasteiger partial charge in [-0.05, 0) is 37.1 Å². The topological polar surface area (TPSA) is 67.5 Å². The molecule has 6 heteroatoms. The van der Waals surface area contributed by atoms with Crippen LogP contribution in [0.3, 0.4) is 0 Å². The van der Waals surface area contributed by atoms with Crippen LogP contribution in [0.2, 0.25) is 0 Å². The van der Waals surface area contributed by atoms with E-state index in [1.807, 2.05) is 26.0 Å². The second-order valence-corrected chi connectivity index (χ2v) is 5.91. The molecule has 104 valence electrons. The highest BCUT2D eigenvalue weighted by Gasteiger charge is 2.16. The summed E-state index contributed by atoms with van der Waals surface area (Å²) < 4.78 is 5.29. The Balaban J connectivity index is 1.80. The van der Waals surface area contributed by atoms with Crippen molar-refractivity contribution in [3.05, 3.63) is 29.0 Å². The minimum absolute atomic E-state index is 0.105. The van der Waals surface area contributed by atoms with Crippen molar-refractivity contribution in [3.63, 3.8) is 0 Å². The number of aromatic nitrogens is 1. The van der Waals surface area contributed by atoms with Crippen LogP contribution in [0.25, 0.3) is 11.0 Å². The Bertz CT molecular complexity index is 706. The quantitative estimate of drug-likeness (QED) is 0.920. The molecule has 0 saturated carbocycles. The van der Waals surface area contributed by atoms with Crippen molar-refractivity contribution in [2.75, 3.05) is 12.3 Å². The molecular weight excluding hydrogens is 274 g/mol. The van der Waals surface area contributed by atoms with Crippen LogP contribution in [0.5, 0.6) is 0 Å². The minimum atomic E-state index is -0.105. The van der Waals surface area contributed by atoms with Gasteiger partial charge in [0.1, 0.15) is 5.69 Å². The summed E-state index contributed by atoms with van der Waals surface area (Å²) in [6.45, 7) is 4.83. The summed E-state index contributed by atoms with van der Waals surface area (Å²) in [7, 11) is 0. The van der Waals surface area contributed by atoms with E-state index in [-0.39, 0.29) is 12.3 Å². The fourth-order valence-electron chi connectivity index (χ4n) is 2.10. The van der Waals surface area contributed by atoms with Gasteiger partial charge in [0.25, 0.3) is 0 Å². The molecule has 2 aromatic rings. The van der Waals surface area contributed by atoms with Crippen LogP contribution in [0.4, 0.5) is 0 Å². The molecule has 5 nitrogen and oxygen atoms in total. The summed E-state index contributed by atoms with van der Waals surface area (Å²) in [5.41, 5.74) is 3.71. The Morgan fingerprint density at radius 2 is 2.20 bits per heavy atom. The third-order valence-corrected chi connectivity index (χ3v) is 4.21. The van der Waals surface area contributed by atoms with Gasteiger partial charge in [-0.1, -0.05) is 16.9 Å². The lowest BCUT2D eigenvalue weighted by Gasteiger charge is -2.02. The van der Waals surface area contributed by atoms with Gasteiger partial charge in [0.05, 0.1) is 13.0 Å². The molecule has 1 amide bonds. The van der Waals surface area contributed by atoms with Crippen LogP contribution in [-0.4, -0.2) is 28.5 Å². The Hall–Kier alpha value is -1.82. The highest BCUT2D eigenvalue weighted by molar-refractivity contribution is 8.14. The zero-order chi connectivity index (χ0) is 14.1. The van der Waals surface area contributed by atoms with Crippen molar-refractivity contribution in [3.8, 4) is 0 Å². The third kappa shape index (κ3) is 2.56. The number of rotatable bonds is 2. The number of benzene rings is 1. The number of nitrogens with zero attached hydrogens (tertiary/aromatic N) is 2. The maximum Gasteiger partial charge on any atom is 0.232 e. The van der Waals surface area contributed by atoms with E-state index < -0.39 is 0 Å². The highest BCUT2D eigenvalue weighted by atomic mass is 32.2. The minimum Gasteiger partial charge on any atom is -0.356 e. The van der Waals surface area contributed by atoms with E-state index >= 15 is 0 Å². The number of carbonyl (C=O) groups excluding carboxylic acids is 1. The van der Waals surface area contributed by atoms with E-state index in [1.165, 1.54) is 0 Å². The van der Waals surface area contributed by atoms with Gasteiger partial charge < -0.3 is 9.84 Å². The first-order valence-corrected chi connectivity index (χ1v) is 7.44. The zero-order valence-electron chi connectivity index (χ0n) is 11.4. The standard InChI is InChI=1S/C14H15N3O2S/c1-8-5-10-11(17-19-12(10)6-9(8)2)7-13(18)16-14-15-3-4-20-14/h5-6H,3-4,7H2,1-2H3,(H,15,16,18). The van der Waals surface area contributed by atoms with E-state index in [1.54, 1.807) is 11.8 Å². The number of aliphatic imine (C=N–C) groups is 1. The maximum atomic E-state index is 12.0. The molecule has 0 bridgehead atoms. The molecule has 1 aromatic heterocycles. The Morgan fingerprint density at radius 3 is 2.95 bits per heavy atom. The summed E-state index contributed by atoms with van der Waals surface area (Å²) in [6.07, 6.45) is 0.203. The molecule has 1 aliphatic heterocycles. The predicted octanol–water partition coefficient (Wildman–Crippen LogP) is 2.21. The maximum absolute atomic E-state index is 12.0. The molecule has 0 atom stereocenters. The molecule has 1 aliphatic rings. The number of carbonyl (C=O) groups is 1. The molecule has 1 N–H and O–H groups in total. The lowest BCUT2D eigenvalue weighted by molar-refractivity contribution is -0.119. The molecule has 0 aliphatic carbocycles. The highest BCUT2D eigenvalue weighted by Crippen LogP contribution is 2.23. The first-order chi connectivity index (χ1) is 9.63. The van der Waals surface area contributed by atoms with Gasteiger partial charge in [0, 0.05) is 11.1 Å². The van der Waals surface area contributed by atoms with Crippen LogP contribution >= 0.6 is 11.8 Å². The first-order valence-electron chi connectivity index (χ1n) is 6.46. The van der Waals surface area contributed by atoms with Crippen molar-refractivity contribution >= 4 is 33.8 Å². The summed E-state index contributed by atoms with van der Waals surface area (Å²) >= 11 is 1.57.